The predicted molar refractivity (Wildman–Crippen MR) is 79.0 cm³/mol. The Morgan fingerprint density at radius 2 is 1.95 bits per heavy atom. The van der Waals surface area contributed by atoms with E-state index in [0.717, 1.165) is 37.3 Å². The van der Waals surface area contributed by atoms with E-state index in [9.17, 15) is 4.79 Å². The van der Waals surface area contributed by atoms with Crippen molar-refractivity contribution < 1.29 is 9.53 Å². The van der Waals surface area contributed by atoms with Gasteiger partial charge in [-0.25, -0.2) is 4.98 Å². The maximum atomic E-state index is 12.7. The van der Waals surface area contributed by atoms with Gasteiger partial charge in [0.05, 0.1) is 6.61 Å². The molecule has 2 fully saturated rings. The molecule has 2 aliphatic carbocycles. The molecule has 2 saturated carbocycles. The van der Waals surface area contributed by atoms with Crippen LogP contribution in [0.2, 0.25) is 0 Å². The highest BCUT2D eigenvalue weighted by atomic mass is 16.5. The Balaban J connectivity index is 1.98. The first-order chi connectivity index (χ1) is 10.2. The van der Waals surface area contributed by atoms with E-state index in [-0.39, 0.29) is 5.97 Å². The van der Waals surface area contributed by atoms with Crippen LogP contribution in [0.4, 0.5) is 0 Å². The molecule has 0 saturated heterocycles. The van der Waals surface area contributed by atoms with Gasteiger partial charge in [-0.05, 0) is 32.6 Å². The molecule has 0 N–H and O–H groups in total. The lowest BCUT2D eigenvalue weighted by Crippen LogP contribution is -2.39. The highest BCUT2D eigenvalue weighted by molar-refractivity contribution is 5.82. The molecule has 1 aromatic heterocycles. The summed E-state index contributed by atoms with van der Waals surface area (Å²) in [4.78, 5) is 17.5. The summed E-state index contributed by atoms with van der Waals surface area (Å²) in [5.74, 6) is 2.14. The first-order valence-electron chi connectivity index (χ1n) is 8.26. The number of carbonyl (C=O) groups excluding carboxylic acids is 1. The van der Waals surface area contributed by atoms with Crippen LogP contribution in [0.5, 0.6) is 0 Å². The number of nitrogens with zero attached hydrogens (tertiary/aromatic N) is 3. The number of carbonyl (C=O) groups is 1. The van der Waals surface area contributed by atoms with E-state index in [0.29, 0.717) is 12.5 Å². The molecule has 0 aromatic carbocycles. The van der Waals surface area contributed by atoms with Gasteiger partial charge in [0.1, 0.15) is 11.2 Å². The van der Waals surface area contributed by atoms with Crippen molar-refractivity contribution >= 4 is 5.97 Å². The summed E-state index contributed by atoms with van der Waals surface area (Å²) >= 11 is 0. The van der Waals surface area contributed by atoms with E-state index in [1.807, 2.05) is 18.7 Å². The zero-order chi connectivity index (χ0) is 14.9. The van der Waals surface area contributed by atoms with Crippen LogP contribution in [0.25, 0.3) is 0 Å². The first kappa shape index (κ1) is 14.5. The van der Waals surface area contributed by atoms with Gasteiger partial charge in [0.2, 0.25) is 0 Å². The van der Waals surface area contributed by atoms with Crippen LogP contribution in [0.1, 0.15) is 75.9 Å². The van der Waals surface area contributed by atoms with Crippen molar-refractivity contribution in [1.82, 2.24) is 14.8 Å². The van der Waals surface area contributed by atoms with Crippen molar-refractivity contribution in [2.24, 2.45) is 7.05 Å². The molecule has 3 rings (SSSR count). The van der Waals surface area contributed by atoms with E-state index < -0.39 is 5.41 Å². The number of ether oxygens (including phenoxy) is 1. The third-order valence-corrected chi connectivity index (χ3v) is 4.77. The summed E-state index contributed by atoms with van der Waals surface area (Å²) in [6, 6.07) is 0. The zero-order valence-corrected chi connectivity index (χ0v) is 13.1. The topological polar surface area (TPSA) is 57.0 Å². The minimum absolute atomic E-state index is 0.107. The van der Waals surface area contributed by atoms with Crippen LogP contribution in [-0.4, -0.2) is 27.3 Å². The van der Waals surface area contributed by atoms with Crippen molar-refractivity contribution in [3.63, 3.8) is 0 Å². The second-order valence-electron chi connectivity index (χ2n) is 6.41. The summed E-state index contributed by atoms with van der Waals surface area (Å²) in [5, 5.41) is 4.56. The number of hydrogen-bond acceptors (Lipinski definition) is 4. The molecule has 21 heavy (non-hydrogen) atoms. The van der Waals surface area contributed by atoms with Gasteiger partial charge >= 0.3 is 5.97 Å². The van der Waals surface area contributed by atoms with Crippen molar-refractivity contribution in [3.8, 4) is 0 Å². The maximum absolute atomic E-state index is 12.7. The summed E-state index contributed by atoms with van der Waals surface area (Å²) in [6.45, 7) is 2.29. The number of rotatable bonds is 4. The monoisotopic (exact) mass is 291 g/mol. The van der Waals surface area contributed by atoms with Gasteiger partial charge in [0.15, 0.2) is 5.82 Å². The minimum atomic E-state index is -0.582. The van der Waals surface area contributed by atoms with E-state index in [1.54, 1.807) is 0 Å². The Morgan fingerprint density at radius 1 is 1.29 bits per heavy atom. The molecule has 0 amide bonds. The van der Waals surface area contributed by atoms with Crippen LogP contribution in [0.3, 0.4) is 0 Å². The summed E-state index contributed by atoms with van der Waals surface area (Å²) in [7, 11) is 1.92. The van der Waals surface area contributed by atoms with Gasteiger partial charge in [-0.1, -0.05) is 25.7 Å². The number of aryl methyl sites for hydroxylation is 1. The fourth-order valence-electron chi connectivity index (χ4n) is 3.46. The molecule has 0 unspecified atom stereocenters. The average Bonchev–Trinajstić information content (AvgIpc) is 3.27. The Bertz CT molecular complexity index is 512. The van der Waals surface area contributed by atoms with Gasteiger partial charge in [-0.15, -0.1) is 0 Å². The summed E-state index contributed by atoms with van der Waals surface area (Å²) in [6.07, 6.45) is 8.52. The van der Waals surface area contributed by atoms with Gasteiger partial charge in [-0.2, -0.15) is 5.10 Å². The molecule has 0 bridgehead atoms. The molecule has 0 spiro atoms. The molecule has 5 nitrogen and oxygen atoms in total. The van der Waals surface area contributed by atoms with Crippen molar-refractivity contribution in [2.45, 2.75) is 69.6 Å². The Hall–Kier alpha value is -1.39. The summed E-state index contributed by atoms with van der Waals surface area (Å²) in [5.41, 5.74) is -0.582. The highest BCUT2D eigenvalue weighted by Gasteiger charge is 2.46. The van der Waals surface area contributed by atoms with Gasteiger partial charge in [0.25, 0.3) is 0 Å². The Labute approximate surface area is 126 Å². The van der Waals surface area contributed by atoms with Crippen LogP contribution in [0.15, 0.2) is 0 Å². The zero-order valence-electron chi connectivity index (χ0n) is 13.1. The number of hydrogen-bond donors (Lipinski definition) is 0. The predicted octanol–water partition coefficient (Wildman–Crippen LogP) is 2.85. The van der Waals surface area contributed by atoms with E-state index in [2.05, 4.69) is 5.10 Å². The fraction of sp³-hybridized carbons (Fsp3) is 0.812. The molecule has 1 aromatic rings. The van der Waals surface area contributed by atoms with Crippen LogP contribution in [-0.2, 0) is 22.0 Å². The van der Waals surface area contributed by atoms with E-state index in [1.165, 1.54) is 25.7 Å². The molecule has 2 aliphatic rings. The molecule has 1 heterocycles. The second kappa shape index (κ2) is 5.78. The fourth-order valence-corrected chi connectivity index (χ4v) is 3.46. The third kappa shape index (κ3) is 2.70. The maximum Gasteiger partial charge on any atom is 0.319 e. The van der Waals surface area contributed by atoms with Gasteiger partial charge in [0, 0.05) is 13.0 Å². The van der Waals surface area contributed by atoms with Gasteiger partial charge < -0.3 is 4.74 Å². The lowest BCUT2D eigenvalue weighted by atomic mass is 9.79. The molecular formula is C16H25N3O2. The quantitative estimate of drug-likeness (QED) is 0.632. The SMILES string of the molecule is CCOC(=O)C1(c2nc(C3CC3)nn2C)CCCCCC1. The van der Waals surface area contributed by atoms with Crippen molar-refractivity contribution in [3.05, 3.63) is 11.6 Å². The molecular weight excluding hydrogens is 266 g/mol. The number of esters is 1. The molecule has 0 atom stereocenters. The highest BCUT2D eigenvalue weighted by Crippen LogP contribution is 2.42. The van der Waals surface area contributed by atoms with Crippen molar-refractivity contribution in [2.75, 3.05) is 6.61 Å². The Kier molecular flexibility index (Phi) is 4.00. The molecule has 116 valence electrons. The molecule has 0 radical (unpaired) electrons. The molecule has 0 aliphatic heterocycles. The van der Waals surface area contributed by atoms with Crippen molar-refractivity contribution in [1.29, 1.82) is 0 Å². The van der Waals surface area contributed by atoms with Gasteiger partial charge in [-0.3, -0.25) is 9.48 Å². The Morgan fingerprint density at radius 3 is 2.52 bits per heavy atom. The first-order valence-corrected chi connectivity index (χ1v) is 8.26. The average molecular weight is 291 g/mol. The van der Waals surface area contributed by atoms with E-state index >= 15 is 0 Å². The lowest BCUT2D eigenvalue weighted by Gasteiger charge is -2.28. The second-order valence-corrected chi connectivity index (χ2v) is 6.41. The normalized spacial score (nSPS) is 21.8. The van der Waals surface area contributed by atoms with Crippen LogP contribution >= 0.6 is 0 Å². The van der Waals surface area contributed by atoms with Crippen LogP contribution < -0.4 is 0 Å². The smallest absolute Gasteiger partial charge is 0.319 e. The lowest BCUT2D eigenvalue weighted by molar-refractivity contribution is -0.151. The standard InChI is InChI=1S/C16H25N3O2/c1-3-21-15(20)16(10-6-4-5-7-11-16)14-17-13(12-8-9-12)18-19(14)2/h12H,3-11H2,1-2H3. The largest absolute Gasteiger partial charge is 0.465 e. The van der Waals surface area contributed by atoms with Crippen LogP contribution in [0, 0.1) is 0 Å². The molecule has 5 heteroatoms. The minimum Gasteiger partial charge on any atom is -0.465 e. The number of aromatic nitrogens is 3. The van der Waals surface area contributed by atoms with E-state index in [4.69, 9.17) is 9.72 Å². The third-order valence-electron chi connectivity index (χ3n) is 4.77. The summed E-state index contributed by atoms with van der Waals surface area (Å²) < 4.78 is 7.24.